The van der Waals surface area contributed by atoms with E-state index < -0.39 is 0 Å². The molecule has 48 heavy (non-hydrogen) atoms. The molecular formula is C44H32N2O2. The normalized spacial score (nSPS) is 11.2. The van der Waals surface area contributed by atoms with Gasteiger partial charge in [0.2, 0.25) is 0 Å². The lowest BCUT2D eigenvalue weighted by Crippen LogP contribution is -1.97. The second-order valence-corrected chi connectivity index (χ2v) is 11.1. The van der Waals surface area contributed by atoms with Gasteiger partial charge >= 0.3 is 0 Å². The number of rotatable bonds is 5. The van der Waals surface area contributed by atoms with E-state index in [9.17, 15) is 10.2 Å². The van der Waals surface area contributed by atoms with E-state index in [1.54, 1.807) is 24.3 Å². The molecule has 0 atom stereocenters. The summed E-state index contributed by atoms with van der Waals surface area (Å²) in [4.78, 5) is 9.96. The van der Waals surface area contributed by atoms with Gasteiger partial charge < -0.3 is 10.2 Å². The molecule has 0 aliphatic heterocycles. The van der Waals surface area contributed by atoms with Crippen LogP contribution < -0.4 is 0 Å². The molecule has 4 heteroatoms. The van der Waals surface area contributed by atoms with Crippen LogP contribution in [0.25, 0.3) is 11.1 Å². The molecule has 2 N–H and O–H groups in total. The number of hydrogen-bond donors (Lipinski definition) is 2. The van der Waals surface area contributed by atoms with Gasteiger partial charge in [-0.2, -0.15) is 0 Å². The SMILES string of the molecule is CC(=Nc1ccccc1-c1ccccc1N=C(C)c1cc(C#Cc2ccccc2)ccc1O)c1cc(C#Cc2ccccc2)ccc1O. The third-order valence-corrected chi connectivity index (χ3v) is 7.70. The molecule has 0 aromatic heterocycles. The van der Waals surface area contributed by atoms with Crippen LogP contribution in [0.1, 0.15) is 47.2 Å². The Hall–Kier alpha value is -6.62. The van der Waals surface area contributed by atoms with E-state index in [-0.39, 0.29) is 11.5 Å². The molecule has 0 bridgehead atoms. The van der Waals surface area contributed by atoms with Gasteiger partial charge in [0, 0.05) is 55.9 Å². The average Bonchev–Trinajstić information content (AvgIpc) is 3.12. The fourth-order valence-corrected chi connectivity index (χ4v) is 5.22. The molecule has 0 fully saturated rings. The van der Waals surface area contributed by atoms with Gasteiger partial charge in [0.25, 0.3) is 0 Å². The van der Waals surface area contributed by atoms with Crippen molar-refractivity contribution in [2.45, 2.75) is 13.8 Å². The fourth-order valence-electron chi connectivity index (χ4n) is 5.22. The van der Waals surface area contributed by atoms with Crippen molar-refractivity contribution in [1.29, 1.82) is 0 Å². The number of nitrogens with zero attached hydrogens (tertiary/aromatic N) is 2. The Morgan fingerprint density at radius 3 is 1.19 bits per heavy atom. The highest BCUT2D eigenvalue weighted by molar-refractivity contribution is 6.05. The van der Waals surface area contributed by atoms with Gasteiger partial charge in [0.05, 0.1) is 11.4 Å². The van der Waals surface area contributed by atoms with Crippen LogP contribution in [0.15, 0.2) is 156 Å². The first-order valence-corrected chi connectivity index (χ1v) is 15.5. The van der Waals surface area contributed by atoms with E-state index in [0.717, 1.165) is 44.8 Å². The molecular weight excluding hydrogens is 588 g/mol. The molecule has 6 rings (SSSR count). The molecule has 0 unspecified atom stereocenters. The summed E-state index contributed by atoms with van der Waals surface area (Å²) in [6.07, 6.45) is 0. The van der Waals surface area contributed by atoms with Crippen molar-refractivity contribution < 1.29 is 10.2 Å². The summed E-state index contributed by atoms with van der Waals surface area (Å²) in [5.74, 6) is 13.0. The number of aromatic hydroxyl groups is 2. The summed E-state index contributed by atoms with van der Waals surface area (Å²) in [6.45, 7) is 3.76. The second-order valence-electron chi connectivity index (χ2n) is 11.1. The zero-order valence-electron chi connectivity index (χ0n) is 26.6. The minimum Gasteiger partial charge on any atom is -0.507 e. The maximum atomic E-state index is 10.8. The summed E-state index contributed by atoms with van der Waals surface area (Å²) in [7, 11) is 0. The van der Waals surface area contributed by atoms with Crippen LogP contribution in [0.3, 0.4) is 0 Å². The molecule has 6 aromatic carbocycles. The highest BCUT2D eigenvalue weighted by Crippen LogP contribution is 2.38. The van der Waals surface area contributed by atoms with Crippen LogP contribution in [0, 0.1) is 23.7 Å². The number of hydrogen-bond acceptors (Lipinski definition) is 4. The van der Waals surface area contributed by atoms with Crippen LogP contribution >= 0.6 is 0 Å². The lowest BCUT2D eigenvalue weighted by atomic mass is 10.0. The molecule has 0 spiro atoms. The Balaban J connectivity index is 1.33. The summed E-state index contributed by atoms with van der Waals surface area (Å²) in [5.41, 5.74) is 9.16. The topological polar surface area (TPSA) is 65.2 Å². The number of phenols is 2. The highest BCUT2D eigenvalue weighted by atomic mass is 16.3. The summed E-state index contributed by atoms with van der Waals surface area (Å²) < 4.78 is 0. The van der Waals surface area contributed by atoms with Gasteiger partial charge in [-0.25, -0.2) is 0 Å². The smallest absolute Gasteiger partial charge is 0.124 e. The Bertz CT molecular complexity index is 2120. The van der Waals surface area contributed by atoms with E-state index in [0.29, 0.717) is 22.6 Å². The van der Waals surface area contributed by atoms with Gasteiger partial charge in [-0.1, -0.05) is 96.5 Å². The number of benzene rings is 6. The third-order valence-electron chi connectivity index (χ3n) is 7.70. The molecule has 230 valence electrons. The number of aliphatic imine (C=N–C) groups is 2. The first-order valence-electron chi connectivity index (χ1n) is 15.5. The first-order chi connectivity index (χ1) is 23.4. The minimum atomic E-state index is 0.134. The molecule has 0 aliphatic rings. The van der Waals surface area contributed by atoms with Crippen LogP contribution in [0.2, 0.25) is 0 Å². The van der Waals surface area contributed by atoms with E-state index in [1.165, 1.54) is 0 Å². The largest absolute Gasteiger partial charge is 0.507 e. The zero-order chi connectivity index (χ0) is 33.3. The number of phenolic OH excluding ortho intramolecular Hbond substituents is 2. The van der Waals surface area contributed by atoms with Crippen molar-refractivity contribution in [1.82, 2.24) is 0 Å². The minimum absolute atomic E-state index is 0.134. The Morgan fingerprint density at radius 1 is 0.417 bits per heavy atom. The highest BCUT2D eigenvalue weighted by Gasteiger charge is 2.13. The van der Waals surface area contributed by atoms with Crippen LogP contribution in [-0.4, -0.2) is 21.6 Å². The monoisotopic (exact) mass is 620 g/mol. The molecule has 0 saturated heterocycles. The predicted octanol–water partition coefficient (Wildman–Crippen LogP) is 9.85. The third kappa shape index (κ3) is 7.60. The fraction of sp³-hybridized carbons (Fsp3) is 0.0455. The van der Waals surface area contributed by atoms with E-state index >= 15 is 0 Å². The zero-order valence-corrected chi connectivity index (χ0v) is 26.6. The van der Waals surface area contributed by atoms with Gasteiger partial charge in [-0.15, -0.1) is 0 Å². The van der Waals surface area contributed by atoms with E-state index in [2.05, 4.69) is 23.7 Å². The van der Waals surface area contributed by atoms with Crippen molar-refractivity contribution in [3.8, 4) is 46.3 Å². The molecule has 0 amide bonds. The van der Waals surface area contributed by atoms with Crippen LogP contribution in [0.5, 0.6) is 11.5 Å². The van der Waals surface area contributed by atoms with Gasteiger partial charge in [-0.3, -0.25) is 9.98 Å². The molecule has 0 heterocycles. The van der Waals surface area contributed by atoms with Crippen molar-refractivity contribution >= 4 is 22.8 Å². The van der Waals surface area contributed by atoms with E-state index in [1.807, 2.05) is 135 Å². The predicted molar refractivity (Wildman–Crippen MR) is 197 cm³/mol. The van der Waals surface area contributed by atoms with Crippen molar-refractivity contribution in [3.05, 3.63) is 179 Å². The van der Waals surface area contributed by atoms with Crippen molar-refractivity contribution in [2.24, 2.45) is 9.98 Å². The molecule has 0 saturated carbocycles. The summed E-state index contributed by atoms with van der Waals surface area (Å²) in [6, 6.07) is 45.9. The molecule has 6 aromatic rings. The molecule has 0 aliphatic carbocycles. The van der Waals surface area contributed by atoms with Crippen LogP contribution in [-0.2, 0) is 0 Å². The summed E-state index contributed by atoms with van der Waals surface area (Å²) in [5, 5.41) is 21.5. The van der Waals surface area contributed by atoms with Gasteiger partial charge in [-0.05, 0) is 86.6 Å². The Labute approximate surface area is 281 Å². The van der Waals surface area contributed by atoms with E-state index in [4.69, 9.17) is 9.98 Å². The quantitative estimate of drug-likeness (QED) is 0.149. The second kappa shape index (κ2) is 14.6. The lowest BCUT2D eigenvalue weighted by molar-refractivity contribution is 0.473. The lowest BCUT2D eigenvalue weighted by Gasteiger charge is -2.12. The van der Waals surface area contributed by atoms with Crippen molar-refractivity contribution in [2.75, 3.05) is 0 Å². The maximum Gasteiger partial charge on any atom is 0.124 e. The number of para-hydroxylation sites is 2. The van der Waals surface area contributed by atoms with Gasteiger partial charge in [0.15, 0.2) is 0 Å². The molecule has 4 nitrogen and oxygen atoms in total. The Morgan fingerprint density at radius 2 is 0.771 bits per heavy atom. The maximum absolute atomic E-state index is 10.8. The summed E-state index contributed by atoms with van der Waals surface area (Å²) >= 11 is 0. The van der Waals surface area contributed by atoms with Crippen molar-refractivity contribution in [3.63, 3.8) is 0 Å². The first kappa shape index (κ1) is 31.4. The van der Waals surface area contributed by atoms with Gasteiger partial charge in [0.1, 0.15) is 11.5 Å². The van der Waals surface area contributed by atoms with Crippen LogP contribution in [0.4, 0.5) is 11.4 Å². The molecule has 0 radical (unpaired) electrons. The standard InChI is InChI=1S/C44H32N2O2/c1-31(39-29-35(25-27-43(39)47)23-21-33-13-5-3-6-14-33)45-41-19-11-9-17-37(41)38-18-10-12-20-42(38)46-32(2)40-30-36(26-28-44(40)48)24-22-34-15-7-4-8-16-34/h3-20,25-30,47-48H,1-2H3. The Kier molecular flexibility index (Phi) is 9.57. The average molecular weight is 621 g/mol.